The predicted molar refractivity (Wildman–Crippen MR) is 115 cm³/mol. The monoisotopic (exact) mass is 457 g/mol. The lowest BCUT2D eigenvalue weighted by Crippen LogP contribution is -2.34. The second-order valence-corrected chi connectivity index (χ2v) is 9.57. The number of carbonyl (C=O) groups is 2. The Morgan fingerprint density at radius 3 is 2.39 bits per heavy atom. The summed E-state index contributed by atoms with van der Waals surface area (Å²) >= 11 is 0. The fourth-order valence-corrected chi connectivity index (χ4v) is 5.47. The number of fused-ring (bicyclic) bond motifs is 1. The third kappa shape index (κ3) is 3.57. The van der Waals surface area contributed by atoms with Crippen LogP contribution in [0.5, 0.6) is 0 Å². The maximum Gasteiger partial charge on any atom is 0.264 e. The van der Waals surface area contributed by atoms with Crippen molar-refractivity contribution in [3.8, 4) is 0 Å². The van der Waals surface area contributed by atoms with Gasteiger partial charge in [-0.15, -0.1) is 0 Å². The van der Waals surface area contributed by atoms with Gasteiger partial charge in [0, 0.05) is 16.5 Å². The average Bonchev–Trinajstić information content (AvgIpc) is 3.05. The number of hydrogen-bond acceptors (Lipinski definition) is 6. The number of primary amides is 1. The molecule has 0 fully saturated rings. The summed E-state index contributed by atoms with van der Waals surface area (Å²) in [5.74, 6) is -1.04. The summed E-state index contributed by atoms with van der Waals surface area (Å²) in [6.07, 6.45) is 1.23. The number of hydrogen-bond donors (Lipinski definition) is 2. The number of nitrogens with zero attached hydrogens (tertiary/aromatic N) is 1. The number of benzene rings is 2. The molecule has 0 radical (unpaired) electrons. The zero-order valence-corrected chi connectivity index (χ0v) is 17.4. The molecule has 3 N–H and O–H groups in total. The highest BCUT2D eigenvalue weighted by atomic mass is 32.2. The molecule has 2 aromatic carbocycles. The van der Waals surface area contributed by atoms with E-state index in [1.54, 1.807) is 30.3 Å². The summed E-state index contributed by atoms with van der Waals surface area (Å²) in [5, 5.41) is 0.498. The van der Waals surface area contributed by atoms with Gasteiger partial charge in [-0.3, -0.25) is 23.7 Å². The number of rotatable bonds is 5. The van der Waals surface area contributed by atoms with Gasteiger partial charge in [-0.25, -0.2) is 12.6 Å². The molecule has 2 unspecified atom stereocenters. The Morgan fingerprint density at radius 1 is 1.06 bits per heavy atom. The standard InChI is InChI=1S/C20H15N3O6S2/c21-18(24)14-11-12-5-4-8-16(31(28,29)22-13-6-2-1-3-7-13)17(12)23(19(14)25)15-9-10-30(27)20(15)26/h1-11,15,22H,(H2,21,24). The number of carbonyl (C=O) groups excluding carboxylic acids is 2. The molecular weight excluding hydrogens is 442 g/mol. The smallest absolute Gasteiger partial charge is 0.264 e. The van der Waals surface area contributed by atoms with E-state index in [2.05, 4.69) is 4.72 Å². The number of anilines is 1. The molecule has 4 rings (SSSR count). The SMILES string of the molecule is NC(=O)c1cc2cccc(S(=O)(=O)Nc3ccccc3)c2n(C2C=CS(=O)C2=O)c1=O. The second kappa shape index (κ2) is 7.60. The van der Waals surface area contributed by atoms with Gasteiger partial charge in [-0.2, -0.15) is 0 Å². The van der Waals surface area contributed by atoms with Crippen LogP contribution in [0, 0.1) is 0 Å². The van der Waals surface area contributed by atoms with Crippen molar-refractivity contribution < 1.29 is 22.2 Å². The molecule has 0 saturated carbocycles. The van der Waals surface area contributed by atoms with Crippen LogP contribution in [-0.2, 0) is 25.6 Å². The zero-order valence-electron chi connectivity index (χ0n) is 15.7. The summed E-state index contributed by atoms with van der Waals surface area (Å²) in [4.78, 5) is 37.0. The number of amides is 1. The first-order valence-corrected chi connectivity index (χ1v) is 11.6. The minimum atomic E-state index is -4.21. The first kappa shape index (κ1) is 20.7. The zero-order chi connectivity index (χ0) is 22.3. The van der Waals surface area contributed by atoms with Crippen molar-refractivity contribution in [2.24, 2.45) is 5.73 Å². The van der Waals surface area contributed by atoms with Crippen LogP contribution in [0.4, 0.5) is 5.69 Å². The Morgan fingerprint density at radius 2 is 1.77 bits per heavy atom. The van der Waals surface area contributed by atoms with Crippen molar-refractivity contribution in [2.75, 3.05) is 4.72 Å². The summed E-state index contributed by atoms with van der Waals surface area (Å²) in [6, 6.07) is 12.1. The highest BCUT2D eigenvalue weighted by Gasteiger charge is 2.33. The molecule has 0 saturated heterocycles. The Hall–Kier alpha value is -3.57. The maximum absolute atomic E-state index is 13.2. The Bertz CT molecular complexity index is 1460. The fraction of sp³-hybridized carbons (Fsp3) is 0.0500. The number of allylic oxidation sites excluding steroid dienone is 1. The Balaban J connectivity index is 2.05. The minimum Gasteiger partial charge on any atom is -0.365 e. The van der Waals surface area contributed by atoms with Gasteiger partial charge in [0.25, 0.3) is 21.5 Å². The van der Waals surface area contributed by atoms with Gasteiger partial charge in [-0.05, 0) is 30.3 Å². The molecule has 2 atom stereocenters. The van der Waals surface area contributed by atoms with E-state index in [4.69, 9.17) is 5.73 Å². The molecule has 11 heteroatoms. The topological polar surface area (TPSA) is 145 Å². The molecule has 1 aliphatic heterocycles. The van der Waals surface area contributed by atoms with Gasteiger partial charge in [0.1, 0.15) is 27.3 Å². The van der Waals surface area contributed by atoms with Gasteiger partial charge in [-0.1, -0.05) is 30.3 Å². The number of nitrogens with two attached hydrogens (primary N) is 1. The maximum atomic E-state index is 13.2. The summed E-state index contributed by atoms with van der Waals surface area (Å²) < 4.78 is 41.5. The molecule has 0 spiro atoms. The Labute approximate surface area is 178 Å². The first-order valence-electron chi connectivity index (χ1n) is 8.89. The van der Waals surface area contributed by atoms with Crippen LogP contribution in [0.25, 0.3) is 10.9 Å². The van der Waals surface area contributed by atoms with Gasteiger partial charge in [0.05, 0.1) is 5.52 Å². The number of aromatic nitrogens is 1. The molecule has 3 aromatic rings. The van der Waals surface area contributed by atoms with Gasteiger partial charge < -0.3 is 5.73 Å². The van der Waals surface area contributed by atoms with Crippen LogP contribution in [0.15, 0.2) is 75.8 Å². The first-order chi connectivity index (χ1) is 14.7. The van der Waals surface area contributed by atoms with E-state index in [-0.39, 0.29) is 15.8 Å². The second-order valence-electron chi connectivity index (χ2n) is 6.65. The number of pyridine rings is 1. The van der Waals surface area contributed by atoms with Gasteiger partial charge in [0.2, 0.25) is 5.12 Å². The molecule has 158 valence electrons. The predicted octanol–water partition coefficient (Wildman–Crippen LogP) is 1.24. The lowest BCUT2D eigenvalue weighted by Gasteiger charge is -2.19. The number of sulfonamides is 1. The molecule has 9 nitrogen and oxygen atoms in total. The average molecular weight is 457 g/mol. The summed E-state index contributed by atoms with van der Waals surface area (Å²) in [7, 11) is -6.20. The van der Waals surface area contributed by atoms with Gasteiger partial charge in [0.15, 0.2) is 0 Å². The fourth-order valence-electron chi connectivity index (χ4n) is 3.34. The minimum absolute atomic E-state index is 0.108. The molecule has 31 heavy (non-hydrogen) atoms. The summed E-state index contributed by atoms with van der Waals surface area (Å²) in [6.45, 7) is 0. The lowest BCUT2D eigenvalue weighted by atomic mass is 10.1. The normalized spacial score (nSPS) is 18.4. The molecule has 0 aliphatic carbocycles. The lowest BCUT2D eigenvalue weighted by molar-refractivity contribution is -0.112. The largest absolute Gasteiger partial charge is 0.365 e. The van der Waals surface area contributed by atoms with Crippen molar-refractivity contribution in [1.29, 1.82) is 0 Å². The van der Waals surface area contributed by atoms with Crippen molar-refractivity contribution >= 4 is 48.4 Å². The van der Waals surface area contributed by atoms with Crippen LogP contribution >= 0.6 is 0 Å². The molecule has 1 aliphatic rings. The van der Waals surface area contributed by atoms with Crippen LogP contribution in [0.2, 0.25) is 0 Å². The summed E-state index contributed by atoms with van der Waals surface area (Å²) in [5.41, 5.74) is 4.12. The molecule has 0 bridgehead atoms. The highest BCUT2D eigenvalue weighted by Crippen LogP contribution is 2.29. The van der Waals surface area contributed by atoms with Crippen LogP contribution < -0.4 is 16.0 Å². The van der Waals surface area contributed by atoms with E-state index in [1.807, 2.05) is 0 Å². The molecular formula is C20H15N3O6S2. The van der Waals surface area contributed by atoms with Crippen LogP contribution in [0.3, 0.4) is 0 Å². The molecule has 2 heterocycles. The van der Waals surface area contributed by atoms with E-state index in [1.165, 1.54) is 30.3 Å². The van der Waals surface area contributed by atoms with Crippen molar-refractivity contribution in [1.82, 2.24) is 4.57 Å². The van der Waals surface area contributed by atoms with Crippen molar-refractivity contribution in [2.45, 2.75) is 10.9 Å². The number of nitrogens with one attached hydrogen (secondary N) is 1. The van der Waals surface area contributed by atoms with Crippen LogP contribution in [-0.4, -0.2) is 28.2 Å². The van der Waals surface area contributed by atoms with Gasteiger partial charge >= 0.3 is 0 Å². The Kier molecular flexibility index (Phi) is 5.07. The molecule has 1 amide bonds. The third-order valence-electron chi connectivity index (χ3n) is 4.70. The van der Waals surface area contributed by atoms with E-state index < -0.39 is 49.0 Å². The van der Waals surface area contributed by atoms with E-state index in [0.717, 1.165) is 9.98 Å². The van der Waals surface area contributed by atoms with Crippen LogP contribution in [0.1, 0.15) is 16.4 Å². The van der Waals surface area contributed by atoms with E-state index in [9.17, 15) is 27.0 Å². The number of para-hydroxylation sites is 2. The highest BCUT2D eigenvalue weighted by molar-refractivity contribution is 8.03. The van der Waals surface area contributed by atoms with E-state index in [0.29, 0.717) is 5.69 Å². The third-order valence-corrected chi connectivity index (χ3v) is 7.16. The quantitative estimate of drug-likeness (QED) is 0.590. The molecule has 1 aromatic heterocycles. The van der Waals surface area contributed by atoms with E-state index >= 15 is 0 Å². The van der Waals surface area contributed by atoms with Crippen molar-refractivity contribution in [3.05, 3.63) is 82.0 Å². The van der Waals surface area contributed by atoms with Crippen molar-refractivity contribution in [3.63, 3.8) is 0 Å².